The molecule has 5 nitrogen and oxygen atoms in total. The predicted octanol–water partition coefficient (Wildman–Crippen LogP) is 6.02. The highest BCUT2D eigenvalue weighted by Gasteiger charge is 2.30. The molecule has 0 aliphatic carbocycles. The molecule has 34 heavy (non-hydrogen) atoms. The van der Waals surface area contributed by atoms with Gasteiger partial charge < -0.3 is 9.64 Å². The third-order valence-corrected chi connectivity index (χ3v) is 5.66. The molecule has 3 aromatic rings. The van der Waals surface area contributed by atoms with E-state index in [0.717, 1.165) is 36.2 Å². The number of ether oxygens (including phenoxy) is 1. The molecule has 0 amide bonds. The average molecular weight is 496 g/mol. The van der Waals surface area contributed by atoms with Gasteiger partial charge in [-0.25, -0.2) is 0 Å². The smallest absolute Gasteiger partial charge is 0.416 e. The molecule has 0 aromatic heterocycles. The van der Waals surface area contributed by atoms with Crippen LogP contribution in [-0.2, 0) is 16.3 Å². The molecule has 1 unspecified atom stereocenters. The van der Waals surface area contributed by atoms with E-state index in [1.54, 1.807) is 12.1 Å². The first-order chi connectivity index (χ1) is 15.9. The van der Waals surface area contributed by atoms with Crippen molar-refractivity contribution in [3.63, 3.8) is 0 Å². The highest BCUT2D eigenvalue weighted by molar-refractivity contribution is 7.85. The van der Waals surface area contributed by atoms with E-state index in [9.17, 15) is 21.6 Å². The number of benzene rings is 3. The second kappa shape index (κ2) is 12.0. The summed E-state index contributed by atoms with van der Waals surface area (Å²) in [5.74, 6) is 0.436. The first-order valence-electron chi connectivity index (χ1n) is 10.4. The molecule has 0 saturated carbocycles. The van der Waals surface area contributed by atoms with Crippen molar-refractivity contribution in [2.24, 2.45) is 0 Å². The number of rotatable bonds is 7. The molecule has 0 spiro atoms. The molecule has 3 aromatic carbocycles. The average Bonchev–Trinajstić information content (AvgIpc) is 2.77. The van der Waals surface area contributed by atoms with Gasteiger partial charge in [0.2, 0.25) is 0 Å². The van der Waals surface area contributed by atoms with Gasteiger partial charge in [-0.2, -0.15) is 21.6 Å². The largest absolute Gasteiger partial charge is 0.486 e. The Morgan fingerprint density at radius 2 is 1.47 bits per heavy atom. The zero-order valence-corrected chi connectivity index (χ0v) is 20.0. The first-order valence-corrected chi connectivity index (χ1v) is 11.9. The fourth-order valence-electron chi connectivity index (χ4n) is 2.93. The van der Waals surface area contributed by atoms with Crippen LogP contribution in [0.3, 0.4) is 0 Å². The van der Waals surface area contributed by atoms with Crippen molar-refractivity contribution < 1.29 is 30.9 Å². The van der Waals surface area contributed by atoms with Gasteiger partial charge in [0, 0.05) is 13.0 Å². The third kappa shape index (κ3) is 9.17. The van der Waals surface area contributed by atoms with Gasteiger partial charge in [0.15, 0.2) is 0 Å². The Labute approximate surface area is 198 Å². The lowest BCUT2D eigenvalue weighted by Gasteiger charge is -2.22. The van der Waals surface area contributed by atoms with E-state index in [0.29, 0.717) is 5.75 Å². The molecule has 1 N–H and O–H groups in total. The summed E-state index contributed by atoms with van der Waals surface area (Å²) in [6.07, 6.45) is -3.78. The van der Waals surface area contributed by atoms with Crippen LogP contribution in [0.1, 0.15) is 29.2 Å². The Balaban J connectivity index is 0.000000310. The number of hydrogen-bond donors (Lipinski definition) is 1. The number of hydrogen-bond acceptors (Lipinski definition) is 4. The van der Waals surface area contributed by atoms with Crippen LogP contribution in [0.2, 0.25) is 0 Å². The molecular weight excluding hydrogens is 467 g/mol. The summed E-state index contributed by atoms with van der Waals surface area (Å²) in [6.45, 7) is 2.66. The lowest BCUT2D eigenvalue weighted by molar-refractivity contribution is -0.137. The minimum absolute atomic E-state index is 0.0666. The molecule has 0 saturated heterocycles. The van der Waals surface area contributed by atoms with Gasteiger partial charge in [-0.1, -0.05) is 48.0 Å². The summed E-state index contributed by atoms with van der Waals surface area (Å²) in [5, 5.41) is 0. The van der Waals surface area contributed by atoms with Crippen LogP contribution < -0.4 is 4.74 Å². The Morgan fingerprint density at radius 3 is 1.94 bits per heavy atom. The van der Waals surface area contributed by atoms with Crippen LogP contribution in [0.4, 0.5) is 13.2 Å². The van der Waals surface area contributed by atoms with E-state index in [-0.39, 0.29) is 11.0 Å². The number of halogens is 3. The number of aryl methyl sites for hydroxylation is 1. The van der Waals surface area contributed by atoms with Crippen molar-refractivity contribution in [1.29, 1.82) is 0 Å². The van der Waals surface area contributed by atoms with Crippen LogP contribution >= 0.6 is 0 Å². The fourth-order valence-corrected chi connectivity index (χ4v) is 3.41. The van der Waals surface area contributed by atoms with Crippen LogP contribution in [0.5, 0.6) is 5.75 Å². The Kier molecular flexibility index (Phi) is 9.66. The highest BCUT2D eigenvalue weighted by Crippen LogP contribution is 2.32. The van der Waals surface area contributed by atoms with Gasteiger partial charge in [-0.05, 0) is 63.0 Å². The molecule has 3 rings (SSSR count). The van der Waals surface area contributed by atoms with Crippen molar-refractivity contribution in [2.75, 3.05) is 20.6 Å². The highest BCUT2D eigenvalue weighted by atomic mass is 32.2. The van der Waals surface area contributed by atoms with Crippen LogP contribution in [0.15, 0.2) is 83.8 Å². The first kappa shape index (κ1) is 27.4. The van der Waals surface area contributed by atoms with Gasteiger partial charge in [-0.15, -0.1) is 0 Å². The summed E-state index contributed by atoms with van der Waals surface area (Å²) in [5.41, 5.74) is 1.29. The summed E-state index contributed by atoms with van der Waals surface area (Å²) < 4.78 is 73.3. The fraction of sp³-hybridized carbons (Fsp3) is 0.280. The number of nitrogens with zero attached hydrogens (tertiary/aromatic N) is 1. The van der Waals surface area contributed by atoms with Crippen molar-refractivity contribution in [1.82, 2.24) is 4.90 Å². The lowest BCUT2D eigenvalue weighted by atomic mass is 10.1. The molecule has 9 heteroatoms. The Hall–Kier alpha value is -2.88. The molecule has 184 valence electrons. The van der Waals surface area contributed by atoms with E-state index in [4.69, 9.17) is 9.29 Å². The molecule has 0 radical (unpaired) electrons. The molecule has 0 aliphatic heterocycles. The Bertz CT molecular complexity index is 1120. The zero-order valence-electron chi connectivity index (χ0n) is 19.2. The van der Waals surface area contributed by atoms with Gasteiger partial charge in [0.25, 0.3) is 10.1 Å². The normalized spacial score (nSPS) is 12.6. The van der Waals surface area contributed by atoms with Gasteiger partial charge in [0.05, 0.1) is 10.5 Å². The van der Waals surface area contributed by atoms with Crippen LogP contribution in [0, 0.1) is 6.92 Å². The molecule has 0 heterocycles. The molecule has 1 atom stereocenters. The van der Waals surface area contributed by atoms with Gasteiger partial charge in [0.1, 0.15) is 11.9 Å². The molecule has 0 bridgehead atoms. The maximum atomic E-state index is 12.6. The van der Waals surface area contributed by atoms with Gasteiger partial charge >= 0.3 is 6.18 Å². The van der Waals surface area contributed by atoms with Gasteiger partial charge in [-0.3, -0.25) is 4.55 Å². The molecule has 0 aliphatic rings. The van der Waals surface area contributed by atoms with Crippen LogP contribution in [0.25, 0.3) is 0 Å². The van der Waals surface area contributed by atoms with Crippen molar-refractivity contribution in [3.8, 4) is 5.75 Å². The van der Waals surface area contributed by atoms with E-state index in [1.807, 2.05) is 56.3 Å². The second-order valence-corrected chi connectivity index (χ2v) is 9.34. The van der Waals surface area contributed by atoms with Crippen molar-refractivity contribution in [3.05, 3.63) is 95.6 Å². The summed E-state index contributed by atoms with van der Waals surface area (Å²) >= 11 is 0. The topological polar surface area (TPSA) is 66.8 Å². The standard InChI is InChI=1S/C18H20F3NO.C7H8O3S/c1-22(2)13-12-17(14-6-4-3-5-7-14)23-16-10-8-15(9-11-16)18(19,20)21;1-6-2-4-7(5-3-6)11(8,9)10/h3-11,17H,12-13H2,1-2H3;2-5H,1H3,(H,8,9,10). The minimum atomic E-state index is -4.33. The van der Waals surface area contributed by atoms with Crippen molar-refractivity contribution in [2.45, 2.75) is 30.5 Å². The Morgan fingerprint density at radius 1 is 0.912 bits per heavy atom. The third-order valence-electron chi connectivity index (χ3n) is 4.79. The zero-order chi connectivity index (χ0) is 25.4. The minimum Gasteiger partial charge on any atom is -0.486 e. The maximum absolute atomic E-state index is 12.6. The number of alkyl halides is 3. The second-order valence-electron chi connectivity index (χ2n) is 7.92. The predicted molar refractivity (Wildman–Crippen MR) is 125 cm³/mol. The summed E-state index contributed by atoms with van der Waals surface area (Å²) in [7, 11) is -0.0748. The van der Waals surface area contributed by atoms with E-state index >= 15 is 0 Å². The van der Waals surface area contributed by atoms with E-state index < -0.39 is 21.9 Å². The van der Waals surface area contributed by atoms with E-state index in [1.165, 1.54) is 24.3 Å². The lowest BCUT2D eigenvalue weighted by Crippen LogP contribution is -2.18. The molecular formula is C25H28F3NO4S. The van der Waals surface area contributed by atoms with E-state index in [2.05, 4.69) is 0 Å². The SMILES string of the molecule is CN(C)CCC(Oc1ccc(C(F)(F)F)cc1)c1ccccc1.Cc1ccc(S(=O)(=O)O)cc1. The quantitative estimate of drug-likeness (QED) is 0.406. The van der Waals surface area contributed by atoms with Crippen molar-refractivity contribution >= 4 is 10.1 Å². The van der Waals surface area contributed by atoms with Crippen LogP contribution in [-0.4, -0.2) is 38.5 Å². The summed E-state index contributed by atoms with van der Waals surface area (Å²) in [4.78, 5) is 1.98. The molecule has 0 fully saturated rings. The maximum Gasteiger partial charge on any atom is 0.416 e. The monoisotopic (exact) mass is 495 g/mol. The summed E-state index contributed by atoms with van der Waals surface area (Å²) in [6, 6.07) is 20.5.